The SMILES string of the molecule is Cc1nn2cc(C(=O)N(CCN(C)C)c3ccccc3)nc2s1.O=C(O)C(F)(F)F. The fourth-order valence-corrected chi connectivity index (χ4v) is 3.02. The van der Waals surface area contributed by atoms with Gasteiger partial charge in [-0.3, -0.25) is 4.79 Å². The van der Waals surface area contributed by atoms with Gasteiger partial charge in [0.05, 0.1) is 6.20 Å². The molecule has 0 aliphatic carbocycles. The lowest BCUT2D eigenvalue weighted by Crippen LogP contribution is -2.37. The van der Waals surface area contributed by atoms with Gasteiger partial charge < -0.3 is 14.9 Å². The lowest BCUT2D eigenvalue weighted by Gasteiger charge is -2.23. The number of fused-ring (bicyclic) bond motifs is 1. The number of hydrogen-bond acceptors (Lipinski definition) is 6. The maximum atomic E-state index is 12.9. The molecule has 2 aromatic heterocycles. The molecule has 0 aliphatic heterocycles. The molecule has 0 unspecified atom stereocenters. The second-order valence-electron chi connectivity index (χ2n) is 6.37. The Morgan fingerprint density at radius 2 is 1.77 bits per heavy atom. The first kappa shape index (κ1) is 23.3. The topological polar surface area (TPSA) is 91.0 Å². The maximum absolute atomic E-state index is 12.9. The van der Waals surface area contributed by atoms with Crippen molar-refractivity contribution in [2.45, 2.75) is 13.1 Å². The second-order valence-corrected chi connectivity index (χ2v) is 7.53. The number of alkyl halides is 3. The van der Waals surface area contributed by atoms with Crippen molar-refractivity contribution >= 4 is 33.9 Å². The molecule has 30 heavy (non-hydrogen) atoms. The Balaban J connectivity index is 0.000000396. The number of amides is 1. The number of nitrogens with zero attached hydrogens (tertiary/aromatic N) is 5. The largest absolute Gasteiger partial charge is 0.490 e. The van der Waals surface area contributed by atoms with Crippen LogP contribution >= 0.6 is 11.3 Å². The first-order valence-electron chi connectivity index (χ1n) is 8.63. The third-order valence-corrected chi connectivity index (χ3v) is 4.53. The maximum Gasteiger partial charge on any atom is 0.490 e. The molecule has 2 heterocycles. The van der Waals surface area contributed by atoms with Gasteiger partial charge in [0.15, 0.2) is 0 Å². The predicted molar refractivity (Wildman–Crippen MR) is 106 cm³/mol. The van der Waals surface area contributed by atoms with Gasteiger partial charge in [0.2, 0.25) is 4.96 Å². The number of carbonyl (C=O) groups excluding carboxylic acids is 1. The van der Waals surface area contributed by atoms with E-state index in [4.69, 9.17) is 9.90 Å². The van der Waals surface area contributed by atoms with Crippen LogP contribution in [0, 0.1) is 6.92 Å². The fourth-order valence-electron chi connectivity index (χ4n) is 2.30. The molecule has 0 atom stereocenters. The Bertz CT molecular complexity index is 970. The standard InChI is InChI=1S/C16H19N5OS.C2HF3O2/c1-12-18-21-11-14(17-16(21)23-12)15(22)20(10-9-19(2)3)13-7-5-4-6-8-13;3-2(4,5)1(6)7/h4-8,11H,9-10H2,1-3H3;(H,6,7). The first-order chi connectivity index (χ1) is 14.0. The van der Waals surface area contributed by atoms with Gasteiger partial charge in [-0.05, 0) is 33.2 Å². The molecule has 1 N–H and O–H groups in total. The van der Waals surface area contributed by atoms with Crippen LogP contribution in [0.15, 0.2) is 36.5 Å². The third kappa shape index (κ3) is 6.26. The summed E-state index contributed by atoms with van der Waals surface area (Å²) >= 11 is 1.48. The highest BCUT2D eigenvalue weighted by molar-refractivity contribution is 7.16. The average Bonchev–Trinajstić information content (AvgIpc) is 3.19. The lowest BCUT2D eigenvalue weighted by molar-refractivity contribution is -0.192. The molecule has 0 fully saturated rings. The molecule has 0 bridgehead atoms. The fraction of sp³-hybridized carbons (Fsp3) is 0.333. The van der Waals surface area contributed by atoms with Gasteiger partial charge >= 0.3 is 12.1 Å². The van der Waals surface area contributed by atoms with Gasteiger partial charge in [0.25, 0.3) is 5.91 Å². The van der Waals surface area contributed by atoms with E-state index in [0.29, 0.717) is 12.2 Å². The van der Waals surface area contributed by atoms with Crippen molar-refractivity contribution < 1.29 is 27.9 Å². The number of aryl methyl sites for hydroxylation is 1. The summed E-state index contributed by atoms with van der Waals surface area (Å²) in [6.45, 7) is 3.31. The van der Waals surface area contributed by atoms with Crippen LogP contribution < -0.4 is 4.90 Å². The number of rotatable bonds is 5. The highest BCUT2D eigenvalue weighted by atomic mass is 32.1. The summed E-state index contributed by atoms with van der Waals surface area (Å²) in [7, 11) is 3.99. The van der Waals surface area contributed by atoms with Crippen molar-refractivity contribution in [1.82, 2.24) is 19.5 Å². The Hall–Kier alpha value is -2.99. The number of aliphatic carboxylic acids is 1. The van der Waals surface area contributed by atoms with E-state index in [0.717, 1.165) is 22.2 Å². The minimum absolute atomic E-state index is 0.103. The summed E-state index contributed by atoms with van der Waals surface area (Å²) in [5, 5.41) is 12.4. The minimum Gasteiger partial charge on any atom is -0.475 e. The molecule has 0 saturated carbocycles. The molecule has 0 spiro atoms. The van der Waals surface area contributed by atoms with Crippen molar-refractivity contribution in [2.24, 2.45) is 0 Å². The van der Waals surface area contributed by atoms with Crippen LogP contribution in [0.1, 0.15) is 15.5 Å². The van der Waals surface area contributed by atoms with Crippen LogP contribution in [0.5, 0.6) is 0 Å². The number of imidazole rings is 1. The van der Waals surface area contributed by atoms with E-state index >= 15 is 0 Å². The van der Waals surface area contributed by atoms with Crippen molar-refractivity contribution in [3.63, 3.8) is 0 Å². The molecule has 3 rings (SSSR count). The number of likely N-dealkylation sites (N-methyl/N-ethyl adjacent to an activating group) is 1. The van der Waals surface area contributed by atoms with E-state index in [1.54, 1.807) is 15.6 Å². The third-order valence-electron chi connectivity index (χ3n) is 3.69. The normalized spacial score (nSPS) is 11.3. The molecule has 8 nitrogen and oxygen atoms in total. The van der Waals surface area contributed by atoms with Crippen LogP contribution in [0.4, 0.5) is 18.9 Å². The smallest absolute Gasteiger partial charge is 0.475 e. The molecule has 162 valence electrons. The number of carboxylic acids is 1. The first-order valence-corrected chi connectivity index (χ1v) is 9.45. The minimum atomic E-state index is -5.08. The molecule has 3 aromatic rings. The Kier molecular flexibility index (Phi) is 7.51. The Morgan fingerprint density at radius 1 is 1.17 bits per heavy atom. The Morgan fingerprint density at radius 3 is 2.27 bits per heavy atom. The number of halogens is 3. The van der Waals surface area contributed by atoms with E-state index < -0.39 is 12.1 Å². The molecule has 0 radical (unpaired) electrons. The molecule has 0 saturated heterocycles. The predicted octanol–water partition coefficient (Wildman–Crippen LogP) is 2.94. The van der Waals surface area contributed by atoms with Crippen LogP contribution in [0.2, 0.25) is 0 Å². The van der Waals surface area contributed by atoms with E-state index in [1.165, 1.54) is 11.3 Å². The van der Waals surface area contributed by atoms with E-state index in [-0.39, 0.29) is 5.91 Å². The van der Waals surface area contributed by atoms with Gasteiger partial charge in [-0.25, -0.2) is 14.3 Å². The van der Waals surface area contributed by atoms with Gasteiger partial charge in [0.1, 0.15) is 10.7 Å². The van der Waals surface area contributed by atoms with Gasteiger partial charge in [-0.15, -0.1) is 0 Å². The number of hydrogen-bond donors (Lipinski definition) is 1. The quantitative estimate of drug-likeness (QED) is 0.652. The number of carbonyl (C=O) groups is 2. The van der Waals surface area contributed by atoms with Crippen molar-refractivity contribution in [1.29, 1.82) is 0 Å². The Labute approximate surface area is 174 Å². The summed E-state index contributed by atoms with van der Waals surface area (Å²) in [6.07, 6.45) is -3.38. The molecule has 1 aromatic carbocycles. The highest BCUT2D eigenvalue weighted by Gasteiger charge is 2.38. The number of anilines is 1. The van der Waals surface area contributed by atoms with Crippen LogP contribution in [0.25, 0.3) is 4.96 Å². The summed E-state index contributed by atoms with van der Waals surface area (Å²) in [5.74, 6) is -2.86. The number of aromatic nitrogens is 3. The van der Waals surface area contributed by atoms with Gasteiger partial charge in [-0.1, -0.05) is 29.5 Å². The van der Waals surface area contributed by atoms with E-state index in [9.17, 15) is 18.0 Å². The number of para-hydroxylation sites is 1. The zero-order valence-corrected chi connectivity index (χ0v) is 17.2. The summed E-state index contributed by atoms with van der Waals surface area (Å²) < 4.78 is 33.4. The second kappa shape index (κ2) is 9.67. The monoisotopic (exact) mass is 443 g/mol. The van der Waals surface area contributed by atoms with E-state index in [2.05, 4.69) is 15.0 Å². The summed E-state index contributed by atoms with van der Waals surface area (Å²) in [6, 6.07) is 9.68. The van der Waals surface area contributed by atoms with Gasteiger partial charge in [0, 0.05) is 18.8 Å². The van der Waals surface area contributed by atoms with E-state index in [1.807, 2.05) is 51.4 Å². The lowest BCUT2D eigenvalue weighted by atomic mass is 10.2. The van der Waals surface area contributed by atoms with Gasteiger partial charge in [-0.2, -0.15) is 18.3 Å². The number of benzene rings is 1. The summed E-state index contributed by atoms with van der Waals surface area (Å²) in [5.41, 5.74) is 1.30. The molecular weight excluding hydrogens is 423 g/mol. The van der Waals surface area contributed by atoms with Crippen molar-refractivity contribution in [3.8, 4) is 0 Å². The zero-order valence-electron chi connectivity index (χ0n) is 16.4. The van der Waals surface area contributed by atoms with Crippen LogP contribution in [0.3, 0.4) is 0 Å². The number of carboxylic acid groups (broad SMARTS) is 1. The molecule has 0 aliphatic rings. The van der Waals surface area contributed by atoms with Crippen LogP contribution in [-0.4, -0.2) is 69.8 Å². The summed E-state index contributed by atoms with van der Waals surface area (Å²) in [4.78, 5) is 30.8. The molecule has 12 heteroatoms. The molecular formula is C18H20F3N5O3S. The van der Waals surface area contributed by atoms with Crippen molar-refractivity contribution in [2.75, 3.05) is 32.1 Å². The van der Waals surface area contributed by atoms with Crippen LogP contribution in [-0.2, 0) is 4.79 Å². The highest BCUT2D eigenvalue weighted by Crippen LogP contribution is 2.19. The zero-order chi connectivity index (χ0) is 22.5. The average molecular weight is 443 g/mol. The van der Waals surface area contributed by atoms with Crippen molar-refractivity contribution in [3.05, 3.63) is 47.2 Å². The molecule has 1 amide bonds.